The minimum Gasteiger partial charge on any atom is -0.493 e. The zero-order chi connectivity index (χ0) is 28.9. The van der Waals surface area contributed by atoms with Crippen LogP contribution in [0.3, 0.4) is 0 Å². The fourth-order valence-electron chi connectivity index (χ4n) is 5.90. The van der Waals surface area contributed by atoms with Crippen molar-refractivity contribution in [3.05, 3.63) is 106 Å². The van der Waals surface area contributed by atoms with Gasteiger partial charge in [0.25, 0.3) is 5.91 Å². The summed E-state index contributed by atoms with van der Waals surface area (Å²) >= 11 is 0. The Bertz CT molecular complexity index is 1410. The van der Waals surface area contributed by atoms with Gasteiger partial charge in [-0.1, -0.05) is 66.7 Å². The van der Waals surface area contributed by atoms with Gasteiger partial charge in [-0.05, 0) is 66.1 Å². The average molecular weight is 552 g/mol. The molecule has 1 fully saturated rings. The van der Waals surface area contributed by atoms with Crippen LogP contribution in [-0.2, 0) is 22.4 Å². The third-order valence-electron chi connectivity index (χ3n) is 8.51. The van der Waals surface area contributed by atoms with E-state index in [0.717, 1.165) is 35.3 Å². The molecule has 5 rings (SSSR count). The molecule has 0 spiro atoms. The number of ether oxygens (including phenoxy) is 1. The first-order valence-corrected chi connectivity index (χ1v) is 14.6. The number of carbonyl (C=O) groups excluding carboxylic acids is 2. The first-order chi connectivity index (χ1) is 19.8. The van der Waals surface area contributed by atoms with Crippen molar-refractivity contribution in [3.63, 3.8) is 0 Å². The van der Waals surface area contributed by atoms with Gasteiger partial charge in [-0.15, -0.1) is 0 Å². The number of rotatable bonds is 9. The molecular formula is C35H41N3O3. The second-order valence-electron chi connectivity index (χ2n) is 11.4. The molecule has 0 aliphatic carbocycles. The van der Waals surface area contributed by atoms with Gasteiger partial charge >= 0.3 is 0 Å². The minimum atomic E-state index is -0.182. The molecule has 6 nitrogen and oxygen atoms in total. The number of nitrogens with zero attached hydrogens (tertiary/aromatic N) is 2. The maximum atomic E-state index is 14.0. The predicted octanol–water partition coefficient (Wildman–Crippen LogP) is 4.97. The summed E-state index contributed by atoms with van der Waals surface area (Å²) in [5, 5.41) is 3.64. The van der Waals surface area contributed by atoms with Crippen LogP contribution < -0.4 is 10.1 Å². The Kier molecular flexibility index (Phi) is 8.89. The van der Waals surface area contributed by atoms with Crippen molar-refractivity contribution in [1.29, 1.82) is 0 Å². The number of likely N-dealkylation sites (N-methyl/N-ethyl adjacent to an activating group) is 1. The molecular weight excluding hydrogens is 510 g/mol. The molecule has 2 bridgehead atoms. The van der Waals surface area contributed by atoms with E-state index in [9.17, 15) is 9.59 Å². The molecule has 0 radical (unpaired) electrons. The van der Waals surface area contributed by atoms with E-state index in [1.165, 1.54) is 22.3 Å². The first-order valence-electron chi connectivity index (χ1n) is 14.6. The number of piperazine rings is 1. The summed E-state index contributed by atoms with van der Waals surface area (Å²) in [5.41, 5.74) is 7.78. The maximum Gasteiger partial charge on any atom is 0.251 e. The standard InChI is InChI=1S/C35H41N3O3/c1-24-9-8-12-33(25(24)2)41-20-18-28-13-15-29(16-14-28)31-21-30-22-38(26(3)39)23-32(36-30)34(31)35(40)37(4)19-17-27-10-6-5-7-11-27/h5-16,30,32,36H,17-23H2,1-4H3/t30?,32-/m1/s1. The molecule has 1 unspecified atom stereocenters. The number of hydrogen-bond donors (Lipinski definition) is 1. The van der Waals surface area contributed by atoms with E-state index in [4.69, 9.17) is 4.74 Å². The van der Waals surface area contributed by atoms with Crippen molar-refractivity contribution >= 4 is 17.4 Å². The highest BCUT2D eigenvalue weighted by Crippen LogP contribution is 2.34. The monoisotopic (exact) mass is 551 g/mol. The summed E-state index contributed by atoms with van der Waals surface area (Å²) in [7, 11) is 1.88. The van der Waals surface area contributed by atoms with Gasteiger partial charge in [-0.25, -0.2) is 0 Å². The second-order valence-corrected chi connectivity index (χ2v) is 11.4. The van der Waals surface area contributed by atoms with Crippen molar-refractivity contribution in [2.45, 2.75) is 52.1 Å². The Morgan fingerprint density at radius 2 is 1.66 bits per heavy atom. The van der Waals surface area contributed by atoms with Gasteiger partial charge in [0.2, 0.25) is 5.91 Å². The normalized spacial score (nSPS) is 18.3. The van der Waals surface area contributed by atoms with Crippen LogP contribution in [0.25, 0.3) is 5.57 Å². The summed E-state index contributed by atoms with van der Waals surface area (Å²) < 4.78 is 6.08. The fraction of sp³-hybridized carbons (Fsp3) is 0.371. The highest BCUT2D eigenvalue weighted by Gasteiger charge is 2.39. The molecule has 2 amide bonds. The molecule has 2 aliphatic rings. The number of fused-ring (bicyclic) bond motifs is 2. The Hall–Kier alpha value is -3.90. The van der Waals surface area contributed by atoms with Crippen molar-refractivity contribution < 1.29 is 14.3 Å². The van der Waals surface area contributed by atoms with Crippen LogP contribution in [0.15, 0.2) is 78.4 Å². The molecule has 6 heteroatoms. The zero-order valence-electron chi connectivity index (χ0n) is 24.7. The topological polar surface area (TPSA) is 61.9 Å². The molecule has 2 aliphatic heterocycles. The molecule has 3 aromatic carbocycles. The van der Waals surface area contributed by atoms with E-state index in [1.807, 2.05) is 47.2 Å². The number of hydrogen-bond acceptors (Lipinski definition) is 4. The third kappa shape index (κ3) is 6.71. The molecule has 1 N–H and O–H groups in total. The van der Waals surface area contributed by atoms with Gasteiger partial charge < -0.3 is 19.9 Å². The zero-order valence-corrected chi connectivity index (χ0v) is 24.7. The Morgan fingerprint density at radius 1 is 0.927 bits per heavy atom. The van der Waals surface area contributed by atoms with E-state index in [0.29, 0.717) is 32.7 Å². The summed E-state index contributed by atoms with van der Waals surface area (Å²) in [6.07, 6.45) is 2.31. The quantitative estimate of drug-likeness (QED) is 0.408. The van der Waals surface area contributed by atoms with Crippen molar-refractivity contribution in [3.8, 4) is 5.75 Å². The minimum absolute atomic E-state index is 0.0308. The van der Waals surface area contributed by atoms with Crippen LogP contribution in [0.1, 0.15) is 41.2 Å². The third-order valence-corrected chi connectivity index (χ3v) is 8.51. The largest absolute Gasteiger partial charge is 0.493 e. The number of aryl methyl sites for hydroxylation is 1. The average Bonchev–Trinajstić information content (AvgIpc) is 2.98. The molecule has 3 aromatic rings. The lowest BCUT2D eigenvalue weighted by atomic mass is 9.82. The summed E-state index contributed by atoms with van der Waals surface area (Å²) in [6, 6.07) is 24.9. The Balaban J connectivity index is 1.34. The van der Waals surface area contributed by atoms with Gasteiger partial charge in [0.05, 0.1) is 12.6 Å². The molecule has 41 heavy (non-hydrogen) atoms. The highest BCUT2D eigenvalue weighted by atomic mass is 16.5. The van der Waals surface area contributed by atoms with Crippen molar-refractivity contribution in [2.75, 3.05) is 33.3 Å². The Labute approximate surface area is 244 Å². The SMILES string of the molecule is CC(=O)N1CC2CC(c3ccc(CCOc4cccc(C)c4C)cc3)=C(C(=O)N(C)CCc3ccccc3)[C@@H](C1)N2. The Morgan fingerprint density at radius 3 is 2.39 bits per heavy atom. The van der Waals surface area contributed by atoms with E-state index >= 15 is 0 Å². The van der Waals surface area contributed by atoms with Crippen molar-refractivity contribution in [1.82, 2.24) is 15.1 Å². The van der Waals surface area contributed by atoms with Crippen LogP contribution in [0.4, 0.5) is 0 Å². The molecule has 2 atom stereocenters. The molecule has 0 saturated carbocycles. The fourth-order valence-corrected chi connectivity index (χ4v) is 5.90. The lowest BCUT2D eigenvalue weighted by molar-refractivity contribution is -0.132. The molecule has 1 saturated heterocycles. The van der Waals surface area contributed by atoms with Crippen LogP contribution in [0.2, 0.25) is 0 Å². The van der Waals surface area contributed by atoms with Gasteiger partial charge in [0.15, 0.2) is 0 Å². The molecule has 0 aromatic heterocycles. The first kappa shape index (κ1) is 28.6. The number of amides is 2. The molecule has 2 heterocycles. The van der Waals surface area contributed by atoms with Crippen LogP contribution in [0, 0.1) is 13.8 Å². The predicted molar refractivity (Wildman–Crippen MR) is 164 cm³/mol. The van der Waals surface area contributed by atoms with Gasteiger partial charge in [0.1, 0.15) is 5.75 Å². The van der Waals surface area contributed by atoms with Crippen LogP contribution >= 0.6 is 0 Å². The number of nitrogens with one attached hydrogen (secondary N) is 1. The van der Waals surface area contributed by atoms with Crippen LogP contribution in [-0.4, -0.2) is 67.0 Å². The lowest BCUT2D eigenvalue weighted by Gasteiger charge is -2.44. The number of benzene rings is 3. The summed E-state index contributed by atoms with van der Waals surface area (Å²) in [4.78, 5) is 30.0. The van der Waals surface area contributed by atoms with Gasteiger partial charge in [-0.3, -0.25) is 9.59 Å². The smallest absolute Gasteiger partial charge is 0.251 e. The maximum absolute atomic E-state index is 14.0. The highest BCUT2D eigenvalue weighted by molar-refractivity contribution is 6.03. The van der Waals surface area contributed by atoms with Crippen LogP contribution in [0.5, 0.6) is 5.75 Å². The van der Waals surface area contributed by atoms with E-state index in [1.54, 1.807) is 6.92 Å². The summed E-state index contributed by atoms with van der Waals surface area (Å²) in [5.74, 6) is 1.03. The van der Waals surface area contributed by atoms with E-state index in [-0.39, 0.29) is 23.9 Å². The van der Waals surface area contributed by atoms with Gasteiger partial charge in [-0.2, -0.15) is 0 Å². The second kappa shape index (κ2) is 12.7. The summed E-state index contributed by atoms with van der Waals surface area (Å²) in [6.45, 7) is 8.22. The van der Waals surface area contributed by atoms with Crippen molar-refractivity contribution in [2.24, 2.45) is 0 Å². The van der Waals surface area contributed by atoms with Gasteiger partial charge in [0, 0.05) is 51.6 Å². The lowest BCUT2D eigenvalue weighted by Crippen LogP contribution is -2.61. The molecule has 214 valence electrons. The van der Waals surface area contributed by atoms with E-state index < -0.39 is 0 Å². The number of carbonyl (C=O) groups is 2. The van der Waals surface area contributed by atoms with E-state index in [2.05, 4.69) is 61.6 Å².